The third-order valence-corrected chi connectivity index (χ3v) is 4.79. The van der Waals surface area contributed by atoms with E-state index in [2.05, 4.69) is 4.98 Å². The second-order valence-electron chi connectivity index (χ2n) is 10.1. The highest BCUT2D eigenvalue weighted by Gasteiger charge is 2.39. The maximum Gasteiger partial charge on any atom is 0.419 e. The largest absolute Gasteiger partial charge is 0.444 e. The average molecular weight is 507 g/mol. The van der Waals surface area contributed by atoms with Gasteiger partial charge in [-0.3, -0.25) is 5.32 Å². The lowest BCUT2D eigenvalue weighted by Gasteiger charge is -2.42. The van der Waals surface area contributed by atoms with Crippen LogP contribution in [0.25, 0.3) is 0 Å². The number of nitrogens with one attached hydrogen (secondary N) is 1. The number of ether oxygens (including phenoxy) is 2. The van der Waals surface area contributed by atoms with Gasteiger partial charge in [0.1, 0.15) is 22.8 Å². The predicted octanol–water partition coefficient (Wildman–Crippen LogP) is 3.36. The van der Waals surface area contributed by atoms with E-state index in [-0.39, 0.29) is 31.0 Å². The van der Waals surface area contributed by atoms with E-state index in [1.54, 1.807) is 41.5 Å². The summed E-state index contributed by atoms with van der Waals surface area (Å²) in [5.41, 5.74) is -3.11. The van der Waals surface area contributed by atoms with Gasteiger partial charge < -0.3 is 29.5 Å². The molecule has 0 aliphatic carbocycles. The minimum absolute atomic E-state index is 0.00775. The molecule has 2 rings (SSSR count). The maximum atomic E-state index is 13.7. The van der Waals surface area contributed by atoms with Gasteiger partial charge in [-0.15, -0.1) is 0 Å². The molecule has 198 valence electrons. The van der Waals surface area contributed by atoms with Crippen LogP contribution >= 0.6 is 0 Å². The molecular weight excluding hydrogens is 473 g/mol. The van der Waals surface area contributed by atoms with Crippen LogP contribution in [0, 0.1) is 0 Å². The fraction of sp³-hybridized carbons (Fsp3) is 0.682. The second kappa shape index (κ2) is 10.4. The first kappa shape index (κ1) is 28.4. The first-order chi connectivity index (χ1) is 15.9. The first-order valence-corrected chi connectivity index (χ1v) is 11.0. The summed E-state index contributed by atoms with van der Waals surface area (Å²) in [6.45, 7) is 8.80. The molecule has 2 heterocycles. The fourth-order valence-corrected chi connectivity index (χ4v) is 3.40. The predicted molar refractivity (Wildman–Crippen MR) is 121 cm³/mol. The van der Waals surface area contributed by atoms with Gasteiger partial charge in [0, 0.05) is 25.2 Å². The van der Waals surface area contributed by atoms with Crippen molar-refractivity contribution in [3.8, 4) is 0 Å². The van der Waals surface area contributed by atoms with Crippen molar-refractivity contribution < 1.29 is 42.4 Å². The molecule has 0 saturated carbocycles. The molecule has 2 amide bonds. The SMILES string of the molecule is CC(C)(C)OC(=O)Nc1nc(N2CCN(C(=O)OC(C)(C)C)C[C@@H]2CO)c(CO)cc1C(F)(F)F. The molecule has 1 saturated heterocycles. The van der Waals surface area contributed by atoms with Crippen molar-refractivity contribution >= 4 is 23.8 Å². The minimum atomic E-state index is -4.88. The van der Waals surface area contributed by atoms with Crippen molar-refractivity contribution in [2.24, 2.45) is 0 Å². The third kappa shape index (κ3) is 7.85. The number of piperazine rings is 1. The number of hydrogen-bond donors (Lipinski definition) is 3. The third-order valence-electron chi connectivity index (χ3n) is 4.79. The molecule has 35 heavy (non-hydrogen) atoms. The van der Waals surface area contributed by atoms with Crippen LogP contribution in [0.3, 0.4) is 0 Å². The molecule has 3 N–H and O–H groups in total. The van der Waals surface area contributed by atoms with Gasteiger partial charge in [-0.2, -0.15) is 13.2 Å². The molecule has 1 aliphatic rings. The number of aromatic nitrogens is 1. The van der Waals surface area contributed by atoms with E-state index in [4.69, 9.17) is 9.47 Å². The number of hydrogen-bond acceptors (Lipinski definition) is 8. The Morgan fingerprint density at radius 2 is 1.69 bits per heavy atom. The van der Waals surface area contributed by atoms with E-state index in [9.17, 15) is 33.0 Å². The highest BCUT2D eigenvalue weighted by atomic mass is 19.4. The smallest absolute Gasteiger partial charge is 0.419 e. The van der Waals surface area contributed by atoms with Crippen LogP contribution in [0.2, 0.25) is 0 Å². The number of carbonyl (C=O) groups is 2. The Labute approximate surface area is 202 Å². The molecule has 0 unspecified atom stereocenters. The van der Waals surface area contributed by atoms with Crippen molar-refractivity contribution in [1.29, 1.82) is 0 Å². The zero-order valence-corrected chi connectivity index (χ0v) is 20.7. The number of rotatable bonds is 4. The molecule has 10 nitrogen and oxygen atoms in total. The Hall–Kier alpha value is -2.80. The Bertz CT molecular complexity index is 927. The highest BCUT2D eigenvalue weighted by Crippen LogP contribution is 2.38. The molecular formula is C22H33F3N4O6. The Balaban J connectivity index is 2.43. The number of pyridine rings is 1. The lowest BCUT2D eigenvalue weighted by Crippen LogP contribution is -2.57. The van der Waals surface area contributed by atoms with Crippen LogP contribution in [-0.2, 0) is 22.3 Å². The van der Waals surface area contributed by atoms with Gasteiger partial charge in [-0.1, -0.05) is 0 Å². The number of amides is 2. The summed E-state index contributed by atoms with van der Waals surface area (Å²) in [5, 5.41) is 21.8. The number of nitrogens with zero attached hydrogens (tertiary/aromatic N) is 3. The van der Waals surface area contributed by atoms with E-state index in [1.807, 2.05) is 5.32 Å². The van der Waals surface area contributed by atoms with Crippen LogP contribution in [-0.4, -0.2) is 75.8 Å². The van der Waals surface area contributed by atoms with Crippen LogP contribution in [0.5, 0.6) is 0 Å². The standard InChI is InChI=1S/C22H33F3N4O6/c1-20(2,3)34-18(32)27-16-15(22(23,24)25)9-13(11-30)17(26-16)29-8-7-28(10-14(29)12-31)19(33)35-21(4,5)6/h9,14,30-31H,7-8,10-12H2,1-6H3,(H,26,27,32)/t14-/m1/s1. The molecule has 13 heteroatoms. The quantitative estimate of drug-likeness (QED) is 0.568. The Morgan fingerprint density at radius 3 is 2.17 bits per heavy atom. The van der Waals surface area contributed by atoms with E-state index >= 15 is 0 Å². The number of alkyl halides is 3. The van der Waals surface area contributed by atoms with Gasteiger partial charge in [0.2, 0.25) is 0 Å². The molecule has 1 aromatic heterocycles. The summed E-state index contributed by atoms with van der Waals surface area (Å²) in [4.78, 5) is 31.5. The zero-order valence-electron chi connectivity index (χ0n) is 20.7. The van der Waals surface area contributed by atoms with Crippen LogP contribution in [0.4, 0.5) is 34.4 Å². The summed E-state index contributed by atoms with van der Waals surface area (Å²) >= 11 is 0. The van der Waals surface area contributed by atoms with Crippen LogP contribution in [0.15, 0.2) is 6.07 Å². The topological polar surface area (TPSA) is 124 Å². The van der Waals surface area contributed by atoms with Crippen molar-refractivity contribution in [3.05, 3.63) is 17.2 Å². The molecule has 0 spiro atoms. The van der Waals surface area contributed by atoms with Gasteiger partial charge >= 0.3 is 18.4 Å². The Kier molecular flexibility index (Phi) is 8.48. The molecule has 1 aliphatic heterocycles. The van der Waals surface area contributed by atoms with Gasteiger partial charge in [0.15, 0.2) is 0 Å². The monoisotopic (exact) mass is 506 g/mol. The molecule has 1 fully saturated rings. The van der Waals surface area contributed by atoms with Crippen LogP contribution in [0.1, 0.15) is 52.7 Å². The average Bonchev–Trinajstić information content (AvgIpc) is 2.69. The normalized spacial score (nSPS) is 17.3. The summed E-state index contributed by atoms with van der Waals surface area (Å²) in [5.74, 6) is -0.861. The van der Waals surface area contributed by atoms with Crippen molar-refractivity contribution in [2.75, 3.05) is 36.5 Å². The van der Waals surface area contributed by atoms with Crippen LogP contribution < -0.4 is 10.2 Å². The summed E-state index contributed by atoms with van der Waals surface area (Å²) in [6.07, 6.45) is -6.61. The number of aliphatic hydroxyl groups excluding tert-OH is 2. The Morgan fingerprint density at radius 1 is 1.09 bits per heavy atom. The molecule has 0 bridgehead atoms. The zero-order chi connectivity index (χ0) is 26.8. The van der Waals surface area contributed by atoms with Gasteiger partial charge in [0.25, 0.3) is 0 Å². The molecule has 1 aromatic rings. The number of carbonyl (C=O) groups excluding carboxylic acids is 2. The van der Waals surface area contributed by atoms with Gasteiger partial charge in [-0.25, -0.2) is 14.6 Å². The summed E-state index contributed by atoms with van der Waals surface area (Å²) < 4.78 is 51.6. The highest BCUT2D eigenvalue weighted by molar-refractivity contribution is 5.85. The molecule has 1 atom stereocenters. The van der Waals surface area contributed by atoms with E-state index in [0.29, 0.717) is 6.07 Å². The van der Waals surface area contributed by atoms with E-state index in [1.165, 1.54) is 9.80 Å². The fourth-order valence-electron chi connectivity index (χ4n) is 3.40. The minimum Gasteiger partial charge on any atom is -0.444 e. The molecule has 0 radical (unpaired) electrons. The van der Waals surface area contributed by atoms with Gasteiger partial charge in [-0.05, 0) is 47.6 Å². The lowest BCUT2D eigenvalue weighted by molar-refractivity contribution is -0.137. The lowest BCUT2D eigenvalue weighted by atomic mass is 10.1. The number of anilines is 2. The maximum absolute atomic E-state index is 13.7. The second-order valence-corrected chi connectivity index (χ2v) is 10.1. The number of aliphatic hydroxyl groups is 2. The van der Waals surface area contributed by atoms with E-state index < -0.39 is 60.2 Å². The van der Waals surface area contributed by atoms with Gasteiger partial charge in [0.05, 0.1) is 24.8 Å². The van der Waals surface area contributed by atoms with Crippen molar-refractivity contribution in [3.63, 3.8) is 0 Å². The van der Waals surface area contributed by atoms with Crippen molar-refractivity contribution in [1.82, 2.24) is 9.88 Å². The van der Waals surface area contributed by atoms with E-state index in [0.717, 1.165) is 0 Å². The summed E-state index contributed by atoms with van der Waals surface area (Å²) in [7, 11) is 0. The summed E-state index contributed by atoms with van der Waals surface area (Å²) in [6, 6.07) is -0.0517. The van der Waals surface area contributed by atoms with Crippen molar-refractivity contribution in [2.45, 2.75) is 71.6 Å². The number of halogens is 3. The first-order valence-electron chi connectivity index (χ1n) is 11.0. The molecule has 0 aromatic carbocycles.